The van der Waals surface area contributed by atoms with Gasteiger partial charge in [-0.05, 0) is 30.5 Å². The number of rotatable bonds is 7. The van der Waals surface area contributed by atoms with E-state index in [2.05, 4.69) is 5.32 Å². The largest absolute Gasteiger partial charge is 0.449 e. The van der Waals surface area contributed by atoms with E-state index in [1.807, 2.05) is 37.3 Å². The third-order valence-electron chi connectivity index (χ3n) is 4.07. The van der Waals surface area contributed by atoms with E-state index in [9.17, 15) is 19.7 Å². The Balaban J connectivity index is 1.93. The summed E-state index contributed by atoms with van der Waals surface area (Å²) >= 11 is 0. The van der Waals surface area contributed by atoms with Gasteiger partial charge in [-0.2, -0.15) is 0 Å². The number of carbonyl (C=O) groups is 2. The smallest absolute Gasteiger partial charge is 0.339 e. The summed E-state index contributed by atoms with van der Waals surface area (Å²) in [5.74, 6) is -1.19. The van der Waals surface area contributed by atoms with Gasteiger partial charge in [-0.25, -0.2) is 4.79 Å². The molecule has 0 saturated heterocycles. The van der Waals surface area contributed by atoms with Gasteiger partial charge < -0.3 is 15.8 Å². The second-order valence-electron chi connectivity index (χ2n) is 6.14. The summed E-state index contributed by atoms with van der Waals surface area (Å²) in [5.41, 5.74) is 6.08. The van der Waals surface area contributed by atoms with E-state index in [-0.39, 0.29) is 17.2 Å². The van der Waals surface area contributed by atoms with E-state index in [4.69, 9.17) is 10.5 Å². The van der Waals surface area contributed by atoms with Crippen molar-refractivity contribution in [3.8, 4) is 0 Å². The van der Waals surface area contributed by atoms with Crippen LogP contribution < -0.4 is 11.1 Å². The maximum absolute atomic E-state index is 12.2. The monoisotopic (exact) mass is 371 g/mol. The predicted molar refractivity (Wildman–Crippen MR) is 100 cm³/mol. The van der Waals surface area contributed by atoms with Gasteiger partial charge >= 0.3 is 5.97 Å². The minimum absolute atomic E-state index is 0.0480. The van der Waals surface area contributed by atoms with Crippen molar-refractivity contribution in [2.45, 2.75) is 25.9 Å². The van der Waals surface area contributed by atoms with Crippen molar-refractivity contribution >= 4 is 23.3 Å². The lowest BCUT2D eigenvalue weighted by Crippen LogP contribution is -2.37. The second-order valence-corrected chi connectivity index (χ2v) is 6.14. The van der Waals surface area contributed by atoms with Crippen LogP contribution in [0.1, 0.15) is 35.7 Å². The highest BCUT2D eigenvalue weighted by Gasteiger charge is 2.22. The van der Waals surface area contributed by atoms with E-state index in [0.717, 1.165) is 11.6 Å². The summed E-state index contributed by atoms with van der Waals surface area (Å²) < 4.78 is 5.10. The van der Waals surface area contributed by atoms with Gasteiger partial charge in [-0.3, -0.25) is 14.9 Å². The molecule has 1 amide bonds. The van der Waals surface area contributed by atoms with E-state index in [0.29, 0.717) is 6.54 Å². The molecule has 0 aliphatic heterocycles. The first kappa shape index (κ1) is 19.9. The van der Waals surface area contributed by atoms with Crippen molar-refractivity contribution in [3.05, 3.63) is 69.8 Å². The van der Waals surface area contributed by atoms with Crippen LogP contribution in [-0.4, -0.2) is 29.4 Å². The van der Waals surface area contributed by atoms with Gasteiger partial charge in [0.05, 0.1) is 10.5 Å². The molecule has 0 aliphatic carbocycles. The van der Waals surface area contributed by atoms with Crippen LogP contribution in [0.2, 0.25) is 0 Å². The number of nitrogens with one attached hydrogen (secondary N) is 1. The molecule has 8 nitrogen and oxygen atoms in total. The maximum atomic E-state index is 12.2. The Morgan fingerprint density at radius 2 is 1.85 bits per heavy atom. The van der Waals surface area contributed by atoms with Crippen LogP contribution in [0.5, 0.6) is 0 Å². The molecule has 2 aromatic rings. The first-order valence-corrected chi connectivity index (χ1v) is 8.37. The highest BCUT2D eigenvalue weighted by molar-refractivity contribution is 5.93. The zero-order chi connectivity index (χ0) is 20.0. The zero-order valence-corrected chi connectivity index (χ0v) is 15.0. The van der Waals surface area contributed by atoms with Gasteiger partial charge in [0, 0.05) is 12.6 Å². The normalized spacial score (nSPS) is 12.7. The molecule has 142 valence electrons. The summed E-state index contributed by atoms with van der Waals surface area (Å²) in [5, 5.41) is 13.6. The molecule has 2 aromatic carbocycles. The molecule has 27 heavy (non-hydrogen) atoms. The lowest BCUT2D eigenvalue weighted by molar-refractivity contribution is -0.383. The van der Waals surface area contributed by atoms with Crippen molar-refractivity contribution in [2.24, 2.45) is 0 Å². The lowest BCUT2D eigenvalue weighted by Gasteiger charge is -2.16. The van der Waals surface area contributed by atoms with Crippen molar-refractivity contribution in [2.75, 3.05) is 12.3 Å². The molecule has 2 atom stereocenters. The van der Waals surface area contributed by atoms with Crippen molar-refractivity contribution in [1.82, 2.24) is 5.32 Å². The van der Waals surface area contributed by atoms with Gasteiger partial charge in [-0.1, -0.05) is 37.3 Å². The summed E-state index contributed by atoms with van der Waals surface area (Å²) in [7, 11) is 0. The molecule has 2 rings (SSSR count). The molecule has 0 heterocycles. The molecule has 8 heteroatoms. The number of esters is 1. The number of benzene rings is 2. The topological polar surface area (TPSA) is 125 Å². The zero-order valence-electron chi connectivity index (χ0n) is 15.0. The van der Waals surface area contributed by atoms with E-state index in [1.165, 1.54) is 19.1 Å². The number of hydrogen-bond acceptors (Lipinski definition) is 6. The Morgan fingerprint density at radius 1 is 1.19 bits per heavy atom. The van der Waals surface area contributed by atoms with Gasteiger partial charge in [0.15, 0.2) is 6.10 Å². The van der Waals surface area contributed by atoms with Crippen LogP contribution in [-0.2, 0) is 9.53 Å². The Morgan fingerprint density at radius 3 is 2.48 bits per heavy atom. The highest BCUT2D eigenvalue weighted by atomic mass is 16.6. The fourth-order valence-electron chi connectivity index (χ4n) is 2.41. The van der Waals surface area contributed by atoms with Crippen LogP contribution >= 0.6 is 0 Å². The number of nitrogens with zero attached hydrogens (tertiary/aromatic N) is 1. The highest BCUT2D eigenvalue weighted by Crippen LogP contribution is 2.23. The quantitative estimate of drug-likeness (QED) is 0.334. The SMILES string of the molecule is C[C@H](OC(=O)c1ccc(N)c([N+](=O)[O-])c1)C(=O)NC[C@H](C)c1ccccc1. The second kappa shape index (κ2) is 8.79. The minimum Gasteiger partial charge on any atom is -0.449 e. The number of amides is 1. The molecular formula is C19H21N3O5. The Hall–Kier alpha value is -3.42. The molecule has 0 aliphatic rings. The summed E-state index contributed by atoms with van der Waals surface area (Å²) in [4.78, 5) is 34.5. The fourth-order valence-corrected chi connectivity index (χ4v) is 2.41. The Labute approximate surface area is 156 Å². The van der Waals surface area contributed by atoms with E-state index >= 15 is 0 Å². The predicted octanol–water partition coefficient (Wildman–Crippen LogP) is 2.64. The molecular weight excluding hydrogens is 350 g/mol. The number of nitrogens with two attached hydrogens (primary N) is 1. The molecule has 0 fully saturated rings. The molecule has 0 unspecified atom stereocenters. The molecule has 0 aromatic heterocycles. The van der Waals surface area contributed by atoms with Gasteiger partial charge in [0.25, 0.3) is 11.6 Å². The van der Waals surface area contributed by atoms with E-state index < -0.39 is 28.6 Å². The van der Waals surface area contributed by atoms with Crippen LogP contribution in [0.3, 0.4) is 0 Å². The third kappa shape index (κ3) is 5.27. The van der Waals surface area contributed by atoms with Crippen LogP contribution in [0.25, 0.3) is 0 Å². The first-order chi connectivity index (χ1) is 12.8. The third-order valence-corrected chi connectivity index (χ3v) is 4.07. The molecule has 0 bridgehead atoms. The first-order valence-electron chi connectivity index (χ1n) is 8.37. The van der Waals surface area contributed by atoms with Crippen LogP contribution in [0.15, 0.2) is 48.5 Å². The Kier molecular flexibility index (Phi) is 6.48. The summed E-state index contributed by atoms with van der Waals surface area (Å²) in [6.45, 7) is 3.80. The fraction of sp³-hybridized carbons (Fsp3) is 0.263. The number of nitrogen functional groups attached to an aromatic ring is 1. The maximum Gasteiger partial charge on any atom is 0.339 e. The van der Waals surface area contributed by atoms with Gasteiger partial charge in [0.2, 0.25) is 0 Å². The van der Waals surface area contributed by atoms with Crippen LogP contribution in [0, 0.1) is 10.1 Å². The van der Waals surface area contributed by atoms with Crippen molar-refractivity contribution < 1.29 is 19.2 Å². The lowest BCUT2D eigenvalue weighted by atomic mass is 10.0. The van der Waals surface area contributed by atoms with Gasteiger partial charge in [0.1, 0.15) is 5.69 Å². The molecule has 0 radical (unpaired) electrons. The van der Waals surface area contributed by atoms with Crippen molar-refractivity contribution in [3.63, 3.8) is 0 Å². The number of anilines is 1. The number of ether oxygens (including phenoxy) is 1. The number of carbonyl (C=O) groups excluding carboxylic acids is 2. The van der Waals surface area contributed by atoms with Crippen LogP contribution in [0.4, 0.5) is 11.4 Å². The average molecular weight is 371 g/mol. The van der Waals surface area contributed by atoms with Crippen molar-refractivity contribution in [1.29, 1.82) is 0 Å². The van der Waals surface area contributed by atoms with E-state index in [1.54, 1.807) is 0 Å². The standard InChI is InChI=1S/C19H21N3O5/c1-12(14-6-4-3-5-7-14)11-21-18(23)13(2)27-19(24)15-8-9-16(20)17(10-15)22(25)26/h3-10,12-13H,11,20H2,1-2H3,(H,21,23)/t12-,13-/m0/s1. The summed E-state index contributed by atoms with van der Waals surface area (Å²) in [6.07, 6.45) is -1.04. The molecule has 3 N–H and O–H groups in total. The number of nitro groups is 1. The number of hydrogen-bond donors (Lipinski definition) is 2. The minimum atomic E-state index is -1.04. The summed E-state index contributed by atoms with van der Waals surface area (Å²) in [6, 6.07) is 13.3. The number of nitro benzene ring substituents is 1. The molecule has 0 saturated carbocycles. The molecule has 0 spiro atoms. The Bertz CT molecular complexity index is 838. The van der Waals surface area contributed by atoms with Gasteiger partial charge in [-0.15, -0.1) is 0 Å². The average Bonchev–Trinajstić information content (AvgIpc) is 2.66.